The lowest BCUT2D eigenvalue weighted by Gasteiger charge is -2.13. The number of aromatic nitrogens is 2. The molecule has 1 heterocycles. The zero-order valence-electron chi connectivity index (χ0n) is 19.3. The fourth-order valence-electron chi connectivity index (χ4n) is 3.53. The Morgan fingerprint density at radius 1 is 0.943 bits per heavy atom. The Bertz CT molecular complexity index is 1270. The highest BCUT2D eigenvalue weighted by atomic mass is 35.5. The van der Waals surface area contributed by atoms with Gasteiger partial charge in [-0.2, -0.15) is 9.78 Å². The minimum Gasteiger partial charge on any atom is -0.439 e. The van der Waals surface area contributed by atoms with E-state index in [4.69, 9.17) is 27.9 Å². The van der Waals surface area contributed by atoms with Gasteiger partial charge in [0, 0.05) is 18.1 Å². The molecule has 1 amide bonds. The number of para-hydroxylation sites is 1. The molecule has 2 N–H and O–H groups in total. The summed E-state index contributed by atoms with van der Waals surface area (Å²) in [7, 11) is 0. The van der Waals surface area contributed by atoms with Crippen molar-refractivity contribution in [3.63, 3.8) is 0 Å². The van der Waals surface area contributed by atoms with E-state index >= 15 is 0 Å². The first-order valence-electron chi connectivity index (χ1n) is 11.4. The van der Waals surface area contributed by atoms with Crippen molar-refractivity contribution in [1.82, 2.24) is 20.4 Å². The molecular formula is C27H26Cl2N4O2. The average Bonchev–Trinajstić information content (AvgIpc) is 3.23. The van der Waals surface area contributed by atoms with Crippen LogP contribution >= 0.6 is 23.2 Å². The second kappa shape index (κ2) is 11.9. The van der Waals surface area contributed by atoms with Crippen molar-refractivity contribution in [3.8, 4) is 17.3 Å². The molecule has 0 aliphatic rings. The fraction of sp³-hybridized carbons (Fsp3) is 0.185. The normalized spacial score (nSPS) is 10.8. The molecule has 0 fully saturated rings. The summed E-state index contributed by atoms with van der Waals surface area (Å²) in [6.45, 7) is 3.64. The lowest BCUT2D eigenvalue weighted by Crippen LogP contribution is -2.25. The van der Waals surface area contributed by atoms with Gasteiger partial charge in [0.2, 0.25) is 5.88 Å². The molecule has 0 aliphatic carbocycles. The SMILES string of the molecule is CCCNCc1c(C(=O)NCc2ccccc2)nn(-c2ccccc2Cl)c1Oc1ccc(Cl)cc1. The van der Waals surface area contributed by atoms with Crippen LogP contribution in [0.15, 0.2) is 78.9 Å². The smallest absolute Gasteiger partial charge is 0.272 e. The molecule has 0 atom stereocenters. The number of nitrogens with one attached hydrogen (secondary N) is 2. The number of amides is 1. The number of hydrogen-bond donors (Lipinski definition) is 2. The number of rotatable bonds is 10. The van der Waals surface area contributed by atoms with Gasteiger partial charge in [0.1, 0.15) is 5.75 Å². The first-order chi connectivity index (χ1) is 17.1. The summed E-state index contributed by atoms with van der Waals surface area (Å²) in [4.78, 5) is 13.3. The first kappa shape index (κ1) is 24.8. The summed E-state index contributed by atoms with van der Waals surface area (Å²) in [5, 5.41) is 12.1. The summed E-state index contributed by atoms with van der Waals surface area (Å²) < 4.78 is 7.87. The van der Waals surface area contributed by atoms with Crippen LogP contribution in [-0.4, -0.2) is 22.2 Å². The van der Waals surface area contributed by atoms with Crippen molar-refractivity contribution in [2.75, 3.05) is 6.54 Å². The summed E-state index contributed by atoms with van der Waals surface area (Å²) in [5.74, 6) is 0.679. The maximum absolute atomic E-state index is 13.3. The van der Waals surface area contributed by atoms with Crippen LogP contribution in [0, 0.1) is 0 Å². The molecule has 35 heavy (non-hydrogen) atoms. The largest absolute Gasteiger partial charge is 0.439 e. The van der Waals surface area contributed by atoms with E-state index in [-0.39, 0.29) is 11.6 Å². The van der Waals surface area contributed by atoms with Crippen molar-refractivity contribution in [3.05, 3.63) is 106 Å². The predicted octanol–water partition coefficient (Wildman–Crippen LogP) is 6.40. The number of halogens is 2. The maximum Gasteiger partial charge on any atom is 0.272 e. The minimum atomic E-state index is -0.297. The van der Waals surface area contributed by atoms with Crippen LogP contribution in [0.25, 0.3) is 5.69 Å². The summed E-state index contributed by atoms with van der Waals surface area (Å²) in [6, 6.07) is 24.1. The Hall–Kier alpha value is -3.32. The summed E-state index contributed by atoms with van der Waals surface area (Å²) >= 11 is 12.6. The third-order valence-corrected chi connectivity index (χ3v) is 5.86. The monoisotopic (exact) mass is 508 g/mol. The quantitative estimate of drug-likeness (QED) is 0.243. The fourth-order valence-corrected chi connectivity index (χ4v) is 3.88. The molecule has 0 aliphatic heterocycles. The van der Waals surface area contributed by atoms with Crippen molar-refractivity contribution in [2.45, 2.75) is 26.4 Å². The van der Waals surface area contributed by atoms with Gasteiger partial charge in [-0.05, 0) is 54.9 Å². The van der Waals surface area contributed by atoms with E-state index < -0.39 is 0 Å². The molecule has 4 aromatic rings. The van der Waals surface area contributed by atoms with Crippen LogP contribution in [0.5, 0.6) is 11.6 Å². The minimum absolute atomic E-state index is 0.272. The molecule has 1 aromatic heterocycles. The molecular weight excluding hydrogens is 483 g/mol. The molecule has 6 nitrogen and oxygen atoms in total. The highest BCUT2D eigenvalue weighted by Crippen LogP contribution is 2.33. The Kier molecular flexibility index (Phi) is 8.42. The van der Waals surface area contributed by atoms with Gasteiger partial charge in [0.25, 0.3) is 5.91 Å². The van der Waals surface area contributed by atoms with Gasteiger partial charge in [0.05, 0.1) is 16.3 Å². The predicted molar refractivity (Wildman–Crippen MR) is 140 cm³/mol. The molecule has 3 aromatic carbocycles. The molecule has 0 unspecified atom stereocenters. The number of ether oxygens (including phenoxy) is 1. The van der Waals surface area contributed by atoms with Crippen LogP contribution in [0.2, 0.25) is 10.0 Å². The Morgan fingerprint density at radius 2 is 1.66 bits per heavy atom. The summed E-state index contributed by atoms with van der Waals surface area (Å²) in [5.41, 5.74) is 2.51. The van der Waals surface area contributed by atoms with Gasteiger partial charge in [0.15, 0.2) is 5.69 Å². The zero-order chi connectivity index (χ0) is 24.6. The maximum atomic E-state index is 13.3. The molecule has 0 bridgehead atoms. The van der Waals surface area contributed by atoms with Gasteiger partial charge in [-0.25, -0.2) is 0 Å². The Balaban J connectivity index is 1.76. The lowest BCUT2D eigenvalue weighted by molar-refractivity contribution is 0.0944. The van der Waals surface area contributed by atoms with Gasteiger partial charge in [-0.3, -0.25) is 4.79 Å². The van der Waals surface area contributed by atoms with Crippen molar-refractivity contribution < 1.29 is 9.53 Å². The molecule has 0 radical (unpaired) electrons. The topological polar surface area (TPSA) is 68.2 Å². The van der Waals surface area contributed by atoms with Gasteiger partial charge in [-0.15, -0.1) is 0 Å². The molecule has 0 spiro atoms. The molecule has 4 rings (SSSR count). The molecule has 0 saturated carbocycles. The van der Waals surface area contributed by atoms with Crippen molar-refractivity contribution in [1.29, 1.82) is 0 Å². The third kappa shape index (κ3) is 6.22. The zero-order valence-corrected chi connectivity index (χ0v) is 20.8. The first-order valence-corrected chi connectivity index (χ1v) is 12.2. The van der Waals surface area contributed by atoms with Gasteiger partial charge in [-0.1, -0.05) is 72.6 Å². The highest BCUT2D eigenvalue weighted by molar-refractivity contribution is 6.32. The number of carbonyl (C=O) groups is 1. The lowest BCUT2D eigenvalue weighted by atomic mass is 10.2. The van der Waals surface area contributed by atoms with E-state index in [2.05, 4.69) is 22.7 Å². The van der Waals surface area contributed by atoms with Crippen molar-refractivity contribution in [2.24, 2.45) is 0 Å². The van der Waals surface area contributed by atoms with Gasteiger partial charge < -0.3 is 15.4 Å². The number of nitrogens with zero attached hydrogens (tertiary/aromatic N) is 2. The van der Waals surface area contributed by atoms with Crippen LogP contribution in [0.1, 0.15) is 35.0 Å². The standard InChI is InChI=1S/C27H26Cl2N4O2/c1-2-16-30-18-22-25(26(34)31-17-19-8-4-3-5-9-19)32-33(24-11-7-6-10-23(24)29)27(22)35-21-14-12-20(28)13-15-21/h3-15,30H,2,16-18H2,1H3,(H,31,34). The number of hydrogen-bond acceptors (Lipinski definition) is 4. The molecule has 0 saturated heterocycles. The van der Waals surface area contributed by atoms with Crippen LogP contribution < -0.4 is 15.4 Å². The van der Waals surface area contributed by atoms with Crippen LogP contribution in [0.4, 0.5) is 0 Å². The van der Waals surface area contributed by atoms with E-state index in [1.807, 2.05) is 48.5 Å². The van der Waals surface area contributed by atoms with E-state index in [1.165, 1.54) is 0 Å². The van der Waals surface area contributed by atoms with E-state index in [1.54, 1.807) is 35.0 Å². The average molecular weight is 509 g/mol. The number of benzene rings is 3. The Labute approximate surface area is 214 Å². The second-order valence-electron chi connectivity index (χ2n) is 7.90. The van der Waals surface area contributed by atoms with Crippen LogP contribution in [0.3, 0.4) is 0 Å². The van der Waals surface area contributed by atoms with E-state index in [0.717, 1.165) is 18.5 Å². The highest BCUT2D eigenvalue weighted by Gasteiger charge is 2.26. The van der Waals surface area contributed by atoms with Crippen LogP contribution in [-0.2, 0) is 13.1 Å². The van der Waals surface area contributed by atoms with Gasteiger partial charge >= 0.3 is 0 Å². The molecule has 180 valence electrons. The molecule has 8 heteroatoms. The van der Waals surface area contributed by atoms with E-state index in [9.17, 15) is 4.79 Å². The van der Waals surface area contributed by atoms with E-state index in [0.29, 0.717) is 46.0 Å². The summed E-state index contributed by atoms with van der Waals surface area (Å²) in [6.07, 6.45) is 0.946. The Morgan fingerprint density at radius 3 is 2.37 bits per heavy atom. The number of carbonyl (C=O) groups excluding carboxylic acids is 1. The van der Waals surface area contributed by atoms with Crippen molar-refractivity contribution >= 4 is 29.1 Å². The second-order valence-corrected chi connectivity index (χ2v) is 8.74. The third-order valence-electron chi connectivity index (χ3n) is 5.28.